The molecule has 0 spiro atoms. The zero-order valence-electron chi connectivity index (χ0n) is 18.2. The second-order valence-electron chi connectivity index (χ2n) is 8.41. The fourth-order valence-electron chi connectivity index (χ4n) is 4.38. The van der Waals surface area contributed by atoms with Gasteiger partial charge in [-0.05, 0) is 70.8 Å². The number of benzene rings is 1. The number of aliphatic imine (C=N–C) groups is 1. The van der Waals surface area contributed by atoms with E-state index in [0.717, 1.165) is 51.5 Å². The Balaban J connectivity index is 0.00000320. The largest absolute Gasteiger partial charge is 0.357 e. The molecule has 2 aliphatic rings. The first-order valence-corrected chi connectivity index (χ1v) is 10.9. The van der Waals surface area contributed by atoms with Crippen LogP contribution in [0.3, 0.4) is 0 Å². The molecule has 2 N–H and O–H groups in total. The zero-order valence-corrected chi connectivity index (χ0v) is 20.5. The van der Waals surface area contributed by atoms with Crippen LogP contribution in [0.15, 0.2) is 23.2 Å². The molecule has 0 aliphatic carbocycles. The van der Waals surface area contributed by atoms with Crippen molar-refractivity contribution in [3.63, 3.8) is 0 Å². The van der Waals surface area contributed by atoms with Crippen molar-refractivity contribution in [1.29, 1.82) is 0 Å². The van der Waals surface area contributed by atoms with Crippen molar-refractivity contribution in [2.45, 2.75) is 45.2 Å². The van der Waals surface area contributed by atoms with Crippen LogP contribution < -0.4 is 10.6 Å². The highest BCUT2D eigenvalue weighted by Gasteiger charge is 2.23. The van der Waals surface area contributed by atoms with E-state index in [1.54, 1.807) is 0 Å². The Kier molecular flexibility index (Phi) is 10.7. The number of hydrogen-bond acceptors (Lipinski definition) is 3. The van der Waals surface area contributed by atoms with Crippen molar-refractivity contribution < 1.29 is 8.78 Å². The number of rotatable bonds is 6. The number of guanidine groups is 1. The predicted octanol–water partition coefficient (Wildman–Crippen LogP) is 3.44. The summed E-state index contributed by atoms with van der Waals surface area (Å²) in [6.45, 7) is 7.91. The summed E-state index contributed by atoms with van der Waals surface area (Å²) in [6.07, 6.45) is 4.51. The van der Waals surface area contributed by atoms with Crippen molar-refractivity contribution in [2.24, 2.45) is 10.9 Å². The van der Waals surface area contributed by atoms with E-state index < -0.39 is 11.6 Å². The molecule has 1 aromatic rings. The minimum atomic E-state index is -0.465. The van der Waals surface area contributed by atoms with Crippen LogP contribution in [0.2, 0.25) is 0 Å². The quantitative estimate of drug-likeness (QED) is 0.333. The zero-order chi connectivity index (χ0) is 20.6. The monoisotopic (exact) mass is 535 g/mol. The molecule has 2 atom stereocenters. The fraction of sp³-hybridized carbons (Fsp3) is 0.682. The average molecular weight is 535 g/mol. The molecule has 5 nitrogen and oxygen atoms in total. The van der Waals surface area contributed by atoms with Crippen LogP contribution in [0.25, 0.3) is 0 Å². The lowest BCUT2D eigenvalue weighted by molar-refractivity contribution is 0.188. The molecule has 2 unspecified atom stereocenters. The van der Waals surface area contributed by atoms with Gasteiger partial charge in [0.2, 0.25) is 0 Å². The maximum absolute atomic E-state index is 14.0. The van der Waals surface area contributed by atoms with Gasteiger partial charge in [0, 0.05) is 44.3 Å². The summed E-state index contributed by atoms with van der Waals surface area (Å²) in [6, 6.07) is 4.30. The fourth-order valence-corrected chi connectivity index (χ4v) is 4.38. The van der Waals surface area contributed by atoms with E-state index in [4.69, 9.17) is 4.99 Å². The van der Waals surface area contributed by atoms with Crippen molar-refractivity contribution >= 4 is 29.9 Å². The number of halogens is 3. The average Bonchev–Trinajstić information content (AvgIpc) is 2.70. The van der Waals surface area contributed by atoms with Gasteiger partial charge < -0.3 is 15.5 Å². The summed E-state index contributed by atoms with van der Waals surface area (Å²) >= 11 is 0. The molecule has 0 bridgehead atoms. The van der Waals surface area contributed by atoms with Crippen molar-refractivity contribution in [3.05, 3.63) is 35.4 Å². The molecule has 2 heterocycles. The highest BCUT2D eigenvalue weighted by molar-refractivity contribution is 14.0. The first-order chi connectivity index (χ1) is 14.0. The smallest absolute Gasteiger partial charge is 0.191 e. The minimum Gasteiger partial charge on any atom is -0.357 e. The van der Waals surface area contributed by atoms with Crippen molar-refractivity contribution in [1.82, 2.24) is 20.4 Å². The van der Waals surface area contributed by atoms with Gasteiger partial charge in [-0.25, -0.2) is 8.78 Å². The number of hydrogen-bond donors (Lipinski definition) is 2. The third-order valence-electron chi connectivity index (χ3n) is 5.86. The molecule has 170 valence electrons. The lowest BCUT2D eigenvalue weighted by Gasteiger charge is -2.34. The maximum atomic E-state index is 14.0. The third-order valence-corrected chi connectivity index (χ3v) is 5.86. The van der Waals surface area contributed by atoms with Gasteiger partial charge >= 0.3 is 0 Å². The van der Waals surface area contributed by atoms with Crippen molar-refractivity contribution in [3.8, 4) is 0 Å². The summed E-state index contributed by atoms with van der Waals surface area (Å²) in [5.41, 5.74) is 0.162. The Bertz CT molecular complexity index is 667. The molecule has 0 saturated carbocycles. The first-order valence-electron chi connectivity index (χ1n) is 10.9. The molecule has 0 amide bonds. The van der Waals surface area contributed by atoms with Crippen LogP contribution in [0.4, 0.5) is 8.78 Å². The SMILES string of the molecule is CCNC(=NCC1CCCN(C)C1)NC1CCCN(Cc2c(F)cccc2F)C1.I. The summed E-state index contributed by atoms with van der Waals surface area (Å²) in [7, 11) is 2.17. The normalized spacial score (nSPS) is 23.7. The van der Waals surface area contributed by atoms with E-state index in [1.807, 2.05) is 0 Å². The van der Waals surface area contributed by atoms with E-state index in [-0.39, 0.29) is 35.6 Å². The maximum Gasteiger partial charge on any atom is 0.191 e. The summed E-state index contributed by atoms with van der Waals surface area (Å²) in [5.74, 6) is 0.528. The van der Waals surface area contributed by atoms with Crippen LogP contribution >= 0.6 is 24.0 Å². The molecule has 0 aromatic heterocycles. The summed E-state index contributed by atoms with van der Waals surface area (Å²) in [5, 5.41) is 6.90. The van der Waals surface area contributed by atoms with Gasteiger partial charge in [0.05, 0.1) is 0 Å². The Morgan fingerprint density at radius 3 is 2.57 bits per heavy atom. The number of likely N-dealkylation sites (tertiary alicyclic amines) is 2. The van der Waals surface area contributed by atoms with E-state index in [2.05, 4.69) is 34.4 Å². The molecule has 2 aliphatic heterocycles. The van der Waals surface area contributed by atoms with Gasteiger partial charge in [-0.1, -0.05) is 6.07 Å². The Morgan fingerprint density at radius 1 is 1.13 bits per heavy atom. The minimum absolute atomic E-state index is 0. The number of nitrogens with one attached hydrogen (secondary N) is 2. The molecular weight excluding hydrogens is 499 g/mol. The van der Waals surface area contributed by atoms with Crippen LogP contribution in [0.5, 0.6) is 0 Å². The van der Waals surface area contributed by atoms with Gasteiger partial charge in [0.1, 0.15) is 11.6 Å². The van der Waals surface area contributed by atoms with Gasteiger partial charge in [-0.15, -0.1) is 24.0 Å². The van der Waals surface area contributed by atoms with E-state index in [1.165, 1.54) is 37.6 Å². The molecule has 3 rings (SSSR count). The van der Waals surface area contributed by atoms with E-state index in [0.29, 0.717) is 12.5 Å². The number of nitrogens with zero attached hydrogens (tertiary/aromatic N) is 3. The van der Waals surface area contributed by atoms with Gasteiger partial charge in [0.15, 0.2) is 5.96 Å². The highest BCUT2D eigenvalue weighted by atomic mass is 127. The van der Waals surface area contributed by atoms with Crippen LogP contribution in [-0.4, -0.2) is 68.1 Å². The molecule has 2 saturated heterocycles. The first kappa shape index (κ1) is 25.3. The van der Waals surface area contributed by atoms with Crippen LogP contribution in [0, 0.1) is 17.6 Å². The Morgan fingerprint density at radius 2 is 1.87 bits per heavy atom. The van der Waals surface area contributed by atoms with E-state index >= 15 is 0 Å². The van der Waals surface area contributed by atoms with Crippen LogP contribution in [0.1, 0.15) is 38.2 Å². The van der Waals surface area contributed by atoms with Crippen molar-refractivity contribution in [2.75, 3.05) is 46.3 Å². The Labute approximate surface area is 196 Å². The third kappa shape index (κ3) is 7.60. The van der Waals surface area contributed by atoms with Gasteiger partial charge in [-0.2, -0.15) is 0 Å². The lowest BCUT2D eigenvalue weighted by Crippen LogP contribution is -2.51. The predicted molar refractivity (Wildman–Crippen MR) is 129 cm³/mol. The van der Waals surface area contributed by atoms with Gasteiger partial charge in [-0.3, -0.25) is 9.89 Å². The second-order valence-corrected chi connectivity index (χ2v) is 8.41. The lowest BCUT2D eigenvalue weighted by atomic mass is 9.99. The second kappa shape index (κ2) is 12.8. The molecule has 0 radical (unpaired) electrons. The standard InChI is InChI=1S/C22H35F2N5.HI/c1-3-25-22(26-13-17-7-5-11-28(2)14-17)27-18-8-6-12-29(15-18)16-19-20(23)9-4-10-21(19)24;/h4,9-10,17-18H,3,5-8,11-16H2,1-2H3,(H2,25,26,27);1H. The van der Waals surface area contributed by atoms with Crippen LogP contribution in [-0.2, 0) is 6.54 Å². The van der Waals surface area contributed by atoms with Gasteiger partial charge in [0.25, 0.3) is 0 Å². The molecule has 8 heteroatoms. The molecule has 30 heavy (non-hydrogen) atoms. The summed E-state index contributed by atoms with van der Waals surface area (Å²) in [4.78, 5) is 9.34. The Hall–Kier alpha value is -1.000. The topological polar surface area (TPSA) is 42.9 Å². The van der Waals surface area contributed by atoms with E-state index in [9.17, 15) is 8.78 Å². The highest BCUT2D eigenvalue weighted by Crippen LogP contribution is 2.19. The molecule has 1 aromatic carbocycles. The molecular formula is C22H36F2IN5. The summed E-state index contributed by atoms with van der Waals surface area (Å²) < 4.78 is 28.0. The number of piperidine rings is 2. The molecule has 2 fully saturated rings.